The first-order chi connectivity index (χ1) is 14.2. The Hall–Kier alpha value is -2.57. The van der Waals surface area contributed by atoms with Crippen LogP contribution in [0.1, 0.15) is 30.4 Å². The molecule has 4 rings (SSSR count). The second kappa shape index (κ2) is 9.29. The molecule has 0 aromatic heterocycles. The molecule has 0 aliphatic carbocycles. The largest absolute Gasteiger partial charge is 0.488 e. The van der Waals surface area contributed by atoms with Crippen LogP contribution < -0.4 is 4.74 Å². The molecule has 2 aromatic rings. The van der Waals surface area contributed by atoms with Gasteiger partial charge in [0.2, 0.25) is 0 Å². The minimum absolute atomic E-state index is 0.200. The lowest BCUT2D eigenvalue weighted by molar-refractivity contribution is -0.124. The highest BCUT2D eigenvalue weighted by atomic mass is 32.2. The van der Waals surface area contributed by atoms with Gasteiger partial charge in [0.15, 0.2) is 0 Å². The van der Waals surface area contributed by atoms with Gasteiger partial charge in [0.05, 0.1) is 11.6 Å². The van der Waals surface area contributed by atoms with Crippen LogP contribution in [0, 0.1) is 0 Å². The maximum absolute atomic E-state index is 12.8. The summed E-state index contributed by atoms with van der Waals surface area (Å²) in [6.45, 7) is 2.71. The van der Waals surface area contributed by atoms with Crippen LogP contribution in [0.15, 0.2) is 59.5 Å². The minimum Gasteiger partial charge on any atom is -0.488 e. The van der Waals surface area contributed by atoms with E-state index in [0.717, 1.165) is 48.8 Å². The maximum Gasteiger partial charge on any atom is 0.294 e. The summed E-state index contributed by atoms with van der Waals surface area (Å²) in [7, 11) is 0. The van der Waals surface area contributed by atoms with Crippen molar-refractivity contribution in [3.63, 3.8) is 0 Å². The Morgan fingerprint density at radius 1 is 0.931 bits per heavy atom. The van der Waals surface area contributed by atoms with Crippen LogP contribution in [0.2, 0.25) is 0 Å². The van der Waals surface area contributed by atoms with E-state index in [1.54, 1.807) is 6.08 Å². The number of thioether (sulfide) groups is 1. The van der Waals surface area contributed by atoms with E-state index in [9.17, 15) is 9.59 Å². The zero-order chi connectivity index (χ0) is 20.1. The zero-order valence-electron chi connectivity index (χ0n) is 16.3. The topological polar surface area (TPSA) is 49.9 Å². The van der Waals surface area contributed by atoms with E-state index < -0.39 is 0 Å². The smallest absolute Gasteiger partial charge is 0.294 e. The van der Waals surface area contributed by atoms with E-state index in [-0.39, 0.29) is 11.1 Å². The Labute approximate surface area is 175 Å². The van der Waals surface area contributed by atoms with Crippen molar-refractivity contribution < 1.29 is 14.3 Å². The molecule has 6 heteroatoms. The molecule has 0 saturated carbocycles. The number of hydrogen-bond donors (Lipinski definition) is 0. The molecule has 29 heavy (non-hydrogen) atoms. The van der Waals surface area contributed by atoms with Crippen molar-refractivity contribution in [2.45, 2.75) is 25.9 Å². The number of benzene rings is 2. The maximum atomic E-state index is 12.8. The highest BCUT2D eigenvalue weighted by Crippen LogP contribution is 2.34. The predicted octanol–water partition coefficient (Wildman–Crippen LogP) is 4.75. The number of imide groups is 1. The molecule has 150 valence electrons. The molecule has 0 radical (unpaired) electrons. The molecule has 2 heterocycles. The number of likely N-dealkylation sites (tertiary alicyclic amines) is 1. The number of hydrogen-bond acceptors (Lipinski definition) is 5. The molecule has 0 unspecified atom stereocenters. The second-order valence-corrected chi connectivity index (χ2v) is 8.24. The van der Waals surface area contributed by atoms with Crippen LogP contribution in [-0.2, 0) is 11.4 Å². The molecule has 0 spiro atoms. The molecule has 0 bridgehead atoms. The van der Waals surface area contributed by atoms with Crippen molar-refractivity contribution in [1.82, 2.24) is 9.80 Å². The number of ether oxygens (including phenoxy) is 1. The third-order valence-corrected chi connectivity index (χ3v) is 6.01. The fourth-order valence-electron chi connectivity index (χ4n) is 3.53. The van der Waals surface area contributed by atoms with Crippen LogP contribution in [0.25, 0.3) is 6.08 Å². The summed E-state index contributed by atoms with van der Waals surface area (Å²) in [4.78, 5) is 29.2. The fourth-order valence-corrected chi connectivity index (χ4v) is 4.35. The van der Waals surface area contributed by atoms with E-state index >= 15 is 0 Å². The van der Waals surface area contributed by atoms with Gasteiger partial charge >= 0.3 is 0 Å². The van der Waals surface area contributed by atoms with Crippen LogP contribution in [0.5, 0.6) is 5.75 Å². The SMILES string of the molecule is O=C1S/C(=C/c2ccccc2OCc2ccccc2)C(=O)N1CN1CCCCC1. The Morgan fingerprint density at radius 3 is 2.45 bits per heavy atom. The van der Waals surface area contributed by atoms with Gasteiger partial charge in [-0.05, 0) is 55.4 Å². The summed E-state index contributed by atoms with van der Waals surface area (Å²) in [5.41, 5.74) is 1.87. The lowest BCUT2D eigenvalue weighted by atomic mass is 10.1. The van der Waals surface area contributed by atoms with Gasteiger partial charge in [-0.15, -0.1) is 0 Å². The van der Waals surface area contributed by atoms with Crippen molar-refractivity contribution in [2.75, 3.05) is 19.8 Å². The Morgan fingerprint density at radius 2 is 1.66 bits per heavy atom. The number of carbonyl (C=O) groups excluding carboxylic acids is 2. The van der Waals surface area contributed by atoms with Crippen molar-refractivity contribution in [2.24, 2.45) is 0 Å². The quantitative estimate of drug-likeness (QED) is 0.646. The molecule has 0 N–H and O–H groups in total. The minimum atomic E-state index is -0.219. The summed E-state index contributed by atoms with van der Waals surface area (Å²) in [6, 6.07) is 17.5. The third-order valence-electron chi connectivity index (χ3n) is 5.11. The van der Waals surface area contributed by atoms with E-state index in [1.165, 1.54) is 11.3 Å². The highest BCUT2D eigenvalue weighted by molar-refractivity contribution is 8.18. The Kier molecular flexibility index (Phi) is 6.32. The van der Waals surface area contributed by atoms with Crippen molar-refractivity contribution in [3.8, 4) is 5.75 Å². The summed E-state index contributed by atoms with van der Waals surface area (Å²) in [6.07, 6.45) is 5.23. The van der Waals surface area contributed by atoms with Crippen molar-refractivity contribution in [1.29, 1.82) is 0 Å². The van der Waals surface area contributed by atoms with Crippen LogP contribution >= 0.6 is 11.8 Å². The molecule has 5 nitrogen and oxygen atoms in total. The van der Waals surface area contributed by atoms with Crippen molar-refractivity contribution >= 4 is 29.0 Å². The number of nitrogens with zero attached hydrogens (tertiary/aromatic N) is 2. The predicted molar refractivity (Wildman–Crippen MR) is 115 cm³/mol. The molecular formula is C23H24N2O3S. The monoisotopic (exact) mass is 408 g/mol. The summed E-state index contributed by atoms with van der Waals surface area (Å²) in [5, 5.41) is -0.200. The van der Waals surface area contributed by atoms with E-state index in [2.05, 4.69) is 4.90 Å². The van der Waals surface area contributed by atoms with Gasteiger partial charge in [-0.25, -0.2) is 0 Å². The molecule has 2 aliphatic heterocycles. The summed E-state index contributed by atoms with van der Waals surface area (Å²) < 4.78 is 5.97. The van der Waals surface area contributed by atoms with Gasteiger partial charge in [-0.2, -0.15) is 0 Å². The second-order valence-electron chi connectivity index (χ2n) is 7.24. The van der Waals surface area contributed by atoms with Gasteiger partial charge in [0.1, 0.15) is 12.4 Å². The molecule has 2 saturated heterocycles. The molecular weight excluding hydrogens is 384 g/mol. The molecule has 2 aliphatic rings. The zero-order valence-corrected chi connectivity index (χ0v) is 17.1. The van der Waals surface area contributed by atoms with Crippen LogP contribution in [-0.4, -0.2) is 40.7 Å². The normalized spacial score (nSPS) is 19.2. The highest BCUT2D eigenvalue weighted by Gasteiger charge is 2.36. The van der Waals surface area contributed by atoms with Gasteiger partial charge in [0.25, 0.3) is 11.1 Å². The van der Waals surface area contributed by atoms with Gasteiger partial charge in [-0.3, -0.25) is 19.4 Å². The lowest BCUT2D eigenvalue weighted by Gasteiger charge is -2.29. The molecule has 2 fully saturated rings. The number of rotatable bonds is 6. The third kappa shape index (κ3) is 4.89. The number of amides is 2. The number of piperidine rings is 1. The Bertz CT molecular complexity index is 907. The summed E-state index contributed by atoms with van der Waals surface area (Å²) >= 11 is 1.00. The average Bonchev–Trinajstić information content (AvgIpc) is 3.02. The summed E-state index contributed by atoms with van der Waals surface area (Å²) in [5.74, 6) is 0.475. The molecule has 0 atom stereocenters. The van der Waals surface area contributed by atoms with Gasteiger partial charge in [0, 0.05) is 5.56 Å². The first kappa shape index (κ1) is 19.7. The van der Waals surface area contributed by atoms with Gasteiger partial charge in [-0.1, -0.05) is 55.0 Å². The average molecular weight is 409 g/mol. The number of para-hydroxylation sites is 1. The lowest BCUT2D eigenvalue weighted by Crippen LogP contribution is -2.42. The first-order valence-corrected chi connectivity index (χ1v) is 10.8. The van der Waals surface area contributed by atoms with Crippen molar-refractivity contribution in [3.05, 3.63) is 70.6 Å². The number of carbonyl (C=O) groups is 2. The first-order valence-electron chi connectivity index (χ1n) is 9.94. The molecule has 2 amide bonds. The van der Waals surface area contributed by atoms with E-state index in [0.29, 0.717) is 23.9 Å². The van der Waals surface area contributed by atoms with Crippen LogP contribution in [0.3, 0.4) is 0 Å². The van der Waals surface area contributed by atoms with Crippen LogP contribution in [0.4, 0.5) is 4.79 Å². The fraction of sp³-hybridized carbons (Fsp3) is 0.304. The standard InChI is InChI=1S/C23H24N2O3S/c26-22-21(29-23(27)25(22)17-24-13-7-2-8-14-24)15-19-11-5-6-12-20(19)28-16-18-9-3-1-4-10-18/h1,3-6,9-12,15H,2,7-8,13-14,16-17H2/b21-15+. The molecule has 2 aromatic carbocycles. The van der Waals surface area contributed by atoms with E-state index in [1.807, 2.05) is 54.6 Å². The van der Waals surface area contributed by atoms with Gasteiger partial charge < -0.3 is 4.74 Å². The Balaban J connectivity index is 1.47. The van der Waals surface area contributed by atoms with E-state index in [4.69, 9.17) is 4.74 Å².